The molecule has 0 radical (unpaired) electrons. The van der Waals surface area contributed by atoms with Crippen LogP contribution >= 0.6 is 0 Å². The Balaban J connectivity index is 1.08. The van der Waals surface area contributed by atoms with Crippen LogP contribution in [0.4, 0.5) is 5.82 Å². The lowest BCUT2D eigenvalue weighted by Gasteiger charge is -2.72. The first-order valence-corrected chi connectivity index (χ1v) is 20.9. The summed E-state index contributed by atoms with van der Waals surface area (Å²) >= 11 is 0. The zero-order valence-corrected chi connectivity index (χ0v) is 34.6. The number of nitrogens with zero attached hydrogens (tertiary/aromatic N) is 5. The molecule has 0 bridgehead atoms. The van der Waals surface area contributed by atoms with Crippen LogP contribution in [0.3, 0.4) is 0 Å². The Bertz CT molecular complexity index is 2030. The van der Waals surface area contributed by atoms with Gasteiger partial charge in [0, 0.05) is 24.0 Å². The fourth-order valence-electron chi connectivity index (χ4n) is 14.9. The number of esters is 1. The largest absolute Gasteiger partial charge is 0.469 e. The van der Waals surface area contributed by atoms with Gasteiger partial charge in [0.15, 0.2) is 6.23 Å². The molecule has 2 aromatic rings. The van der Waals surface area contributed by atoms with Gasteiger partial charge in [-0.1, -0.05) is 52.0 Å². The van der Waals surface area contributed by atoms with Crippen LogP contribution < -0.4 is 11.4 Å². The van der Waals surface area contributed by atoms with Crippen LogP contribution in [0.2, 0.25) is 0 Å². The summed E-state index contributed by atoms with van der Waals surface area (Å²) in [5.41, 5.74) is 3.39. The van der Waals surface area contributed by atoms with Gasteiger partial charge in [0.2, 0.25) is 5.72 Å². The molecule has 1 aliphatic heterocycles. The summed E-state index contributed by atoms with van der Waals surface area (Å²) in [5, 5.41) is 41.6. The van der Waals surface area contributed by atoms with E-state index in [9.17, 15) is 29.7 Å². The molecular formula is C43H62N6O8. The first-order valence-electron chi connectivity index (χ1n) is 20.9. The monoisotopic (exact) mass is 790 g/mol. The van der Waals surface area contributed by atoms with Crippen LogP contribution in [0.15, 0.2) is 35.4 Å². The molecular weight excluding hydrogens is 729 g/mol. The number of hydrogen-bond donors (Lipinski definition) is 4. The quantitative estimate of drug-likeness (QED) is 0.230. The van der Waals surface area contributed by atoms with Crippen molar-refractivity contribution in [1.82, 2.24) is 24.5 Å². The zero-order valence-electron chi connectivity index (χ0n) is 34.6. The van der Waals surface area contributed by atoms with Gasteiger partial charge >= 0.3 is 11.7 Å². The maximum Gasteiger partial charge on any atom is 0.351 e. The highest BCUT2D eigenvalue weighted by Gasteiger charge is 2.73. The maximum absolute atomic E-state index is 14.6. The van der Waals surface area contributed by atoms with Crippen LogP contribution in [-0.2, 0) is 31.2 Å². The summed E-state index contributed by atoms with van der Waals surface area (Å²) in [6.07, 6.45) is 6.93. The van der Waals surface area contributed by atoms with Crippen LogP contribution in [0, 0.1) is 62.6 Å². The predicted molar refractivity (Wildman–Crippen MR) is 209 cm³/mol. The summed E-state index contributed by atoms with van der Waals surface area (Å²) in [6, 6.07) is 1.37. The Hall–Kier alpha value is -3.46. The molecule has 57 heavy (non-hydrogen) atoms. The van der Waals surface area contributed by atoms with Gasteiger partial charge in [-0.05, 0) is 117 Å². The second-order valence-electron chi connectivity index (χ2n) is 20.2. The number of nitrogens with two attached hydrogens (primary N) is 1. The number of carbonyl (C=O) groups is 2. The molecule has 0 aromatic carbocycles. The van der Waals surface area contributed by atoms with Crippen molar-refractivity contribution in [2.45, 2.75) is 130 Å². The highest BCUT2D eigenvalue weighted by molar-refractivity contribution is 5.88. The van der Waals surface area contributed by atoms with Gasteiger partial charge in [0.1, 0.15) is 23.8 Å². The summed E-state index contributed by atoms with van der Waals surface area (Å²) in [7, 11) is 1.54. The van der Waals surface area contributed by atoms with Crippen molar-refractivity contribution in [1.29, 1.82) is 0 Å². The van der Waals surface area contributed by atoms with E-state index >= 15 is 0 Å². The Morgan fingerprint density at radius 3 is 2.44 bits per heavy atom. The van der Waals surface area contributed by atoms with Crippen molar-refractivity contribution in [3.05, 3.63) is 46.8 Å². The SMILES string of the molecule is C=C(C)[C@@H]1CC[C@]2(C(=O)OC)CC[C@]3(C)[C@H](CC[C@@H]4[C@@]5(C)C[C@@H](Cc6cn([C@]7(CO)O[C@@H](n8ccc(N)nc8=O)[C@H](O)[C@@H]7O)nn6)C(=O)C(C)(C)[C@@H]5CC[C@]43C)[C@@H]12. The summed E-state index contributed by atoms with van der Waals surface area (Å²) < 4.78 is 13.8. The van der Waals surface area contributed by atoms with Crippen molar-refractivity contribution < 1.29 is 34.4 Å². The molecule has 312 valence electrons. The van der Waals surface area contributed by atoms with Crippen molar-refractivity contribution in [2.24, 2.45) is 62.6 Å². The van der Waals surface area contributed by atoms with Gasteiger partial charge in [-0.2, -0.15) is 4.98 Å². The molecule has 3 heterocycles. The van der Waals surface area contributed by atoms with Crippen LogP contribution in [0.5, 0.6) is 0 Å². The molecule has 0 spiro atoms. The van der Waals surface area contributed by atoms with Crippen molar-refractivity contribution in [3.63, 3.8) is 0 Å². The third-order valence-corrected chi connectivity index (χ3v) is 17.6. The lowest BCUT2D eigenvalue weighted by Crippen LogP contribution is -2.67. The van der Waals surface area contributed by atoms with Crippen LogP contribution in [0.25, 0.3) is 0 Å². The highest BCUT2D eigenvalue weighted by Crippen LogP contribution is 2.77. The lowest BCUT2D eigenvalue weighted by atomic mass is 9.32. The third kappa shape index (κ3) is 5.34. The van der Waals surface area contributed by atoms with E-state index in [1.807, 2.05) is 0 Å². The lowest BCUT2D eigenvalue weighted by molar-refractivity contribution is -0.239. The molecule has 2 aromatic heterocycles. The zero-order chi connectivity index (χ0) is 41.2. The smallest absolute Gasteiger partial charge is 0.351 e. The Kier molecular flexibility index (Phi) is 9.39. The van der Waals surface area contributed by atoms with E-state index in [0.717, 1.165) is 55.9 Å². The van der Waals surface area contributed by atoms with E-state index < -0.39 is 47.3 Å². The summed E-state index contributed by atoms with van der Waals surface area (Å²) in [4.78, 5) is 44.6. The Morgan fingerprint density at radius 1 is 1.04 bits per heavy atom. The molecule has 5 saturated carbocycles. The number of ketones is 1. The first-order chi connectivity index (χ1) is 26.8. The fourth-order valence-corrected chi connectivity index (χ4v) is 14.9. The number of hydrogen-bond acceptors (Lipinski definition) is 12. The minimum Gasteiger partial charge on any atom is -0.469 e. The fraction of sp³-hybridized carbons (Fsp3) is 0.767. The van der Waals surface area contributed by atoms with Gasteiger partial charge in [-0.25, -0.2) is 9.48 Å². The van der Waals surface area contributed by atoms with E-state index in [-0.39, 0.29) is 51.6 Å². The van der Waals surface area contributed by atoms with E-state index in [1.54, 1.807) is 13.3 Å². The second kappa shape index (κ2) is 13.3. The van der Waals surface area contributed by atoms with E-state index in [4.69, 9.17) is 15.2 Å². The van der Waals surface area contributed by atoms with Crippen molar-refractivity contribution >= 4 is 17.6 Å². The number of aromatic nitrogens is 5. The van der Waals surface area contributed by atoms with E-state index in [1.165, 1.54) is 22.5 Å². The number of Topliss-reactive ketones (excluding diaryl/α,β-unsaturated/α-hetero) is 1. The standard InChI is InChI=1S/C43H62N6O8/c1-23(2)26-11-15-42(36(54)56-8)17-16-40(6)27(31(26)42)9-10-29-39(5)20-24(33(52)38(3,4)28(39)12-14-41(29,40)7)19-25-21-49(47-46-25)43(22-50)34(53)32(51)35(57-43)48-18-13-30(44)45-37(48)55/h13,18,21,24,26-29,31-32,34-35,50-51,53H,1,9-12,14-17,19-20,22H2,2-8H3,(H2,44,45,55)/t24-,26+,27-,28+,29-,31-,32-,34+,35-,39+,40-,41-,42+,43-/m1/s1. The number of methoxy groups -OCH3 is 1. The average molecular weight is 791 g/mol. The number of nitrogen functional groups attached to an aromatic ring is 1. The molecule has 14 atom stereocenters. The first kappa shape index (κ1) is 40.3. The minimum absolute atomic E-state index is 0.00138. The van der Waals surface area contributed by atoms with Gasteiger partial charge < -0.3 is 30.5 Å². The minimum atomic E-state index is -1.96. The molecule has 1 saturated heterocycles. The van der Waals surface area contributed by atoms with E-state index in [2.05, 4.69) is 63.4 Å². The normalized spacial score (nSPS) is 44.7. The van der Waals surface area contributed by atoms with Crippen molar-refractivity contribution in [3.8, 4) is 0 Å². The maximum atomic E-state index is 14.6. The molecule has 6 aliphatic rings. The number of rotatable bonds is 7. The molecule has 14 heteroatoms. The Morgan fingerprint density at radius 2 is 1.77 bits per heavy atom. The van der Waals surface area contributed by atoms with E-state index in [0.29, 0.717) is 36.3 Å². The Labute approximate surface area is 334 Å². The number of aliphatic hydroxyl groups is 3. The topological polar surface area (TPSA) is 205 Å². The van der Waals surface area contributed by atoms with Gasteiger partial charge in [0.25, 0.3) is 0 Å². The molecule has 8 rings (SSSR count). The molecule has 0 amide bonds. The van der Waals surface area contributed by atoms with Crippen LogP contribution in [0.1, 0.15) is 111 Å². The second-order valence-corrected chi connectivity index (χ2v) is 20.2. The molecule has 5 aliphatic carbocycles. The summed E-state index contributed by atoms with van der Waals surface area (Å²) in [6.45, 7) is 17.5. The molecule has 0 unspecified atom stereocenters. The molecule has 5 N–H and O–H groups in total. The molecule has 6 fully saturated rings. The average Bonchev–Trinajstić information content (AvgIpc) is 3.86. The predicted octanol–water partition coefficient (Wildman–Crippen LogP) is 4.18. The van der Waals surface area contributed by atoms with Crippen molar-refractivity contribution in [2.75, 3.05) is 19.5 Å². The number of fused-ring (bicyclic) bond motifs is 7. The molecule has 14 nitrogen and oxygen atoms in total. The van der Waals surface area contributed by atoms with Gasteiger partial charge in [-0.15, -0.1) is 5.10 Å². The number of ether oxygens (including phenoxy) is 2. The highest BCUT2D eigenvalue weighted by atomic mass is 16.6. The van der Waals surface area contributed by atoms with Gasteiger partial charge in [0.05, 0.1) is 31.0 Å². The number of anilines is 1. The van der Waals surface area contributed by atoms with Gasteiger partial charge in [-0.3, -0.25) is 14.2 Å². The number of carbonyl (C=O) groups excluding carboxylic acids is 2. The van der Waals surface area contributed by atoms with Crippen LogP contribution in [-0.4, -0.2) is 77.5 Å². The number of aliphatic hydroxyl groups excluding tert-OH is 3. The number of allylic oxidation sites excluding steroid dienone is 1. The third-order valence-electron chi connectivity index (χ3n) is 17.6. The summed E-state index contributed by atoms with van der Waals surface area (Å²) in [5.74, 6) is 1.27.